The molecule has 0 unspecified atom stereocenters. The monoisotopic (exact) mass is 224 g/mol. The first kappa shape index (κ1) is 10.3. The molecule has 0 aromatic carbocycles. The van der Waals surface area contributed by atoms with Gasteiger partial charge in [0.1, 0.15) is 5.01 Å². The third-order valence-corrected chi connectivity index (χ3v) is 2.82. The Morgan fingerprint density at radius 2 is 2.33 bits per heavy atom. The van der Waals surface area contributed by atoms with Gasteiger partial charge in [-0.2, -0.15) is 4.98 Å². The highest BCUT2D eigenvalue weighted by Crippen LogP contribution is 2.13. The third kappa shape index (κ3) is 2.40. The minimum atomic E-state index is -0.218. The molecular weight excluding hydrogens is 212 g/mol. The first-order valence-corrected chi connectivity index (χ1v) is 5.52. The maximum absolute atomic E-state index is 5.62. The van der Waals surface area contributed by atoms with Gasteiger partial charge in [0.25, 0.3) is 0 Å². The average molecular weight is 224 g/mol. The molecule has 80 valence electrons. The van der Waals surface area contributed by atoms with E-state index in [4.69, 9.17) is 10.3 Å². The summed E-state index contributed by atoms with van der Waals surface area (Å²) >= 11 is 1.60. The lowest BCUT2D eigenvalue weighted by atomic mass is 10.3. The maximum atomic E-state index is 5.62. The Morgan fingerprint density at radius 3 is 2.87 bits per heavy atom. The molecule has 0 radical (unpaired) electrons. The van der Waals surface area contributed by atoms with Crippen LogP contribution in [0.2, 0.25) is 0 Å². The van der Waals surface area contributed by atoms with Crippen LogP contribution >= 0.6 is 11.3 Å². The molecule has 0 saturated carbocycles. The molecule has 6 heteroatoms. The smallest absolute Gasteiger partial charge is 0.243 e. The lowest BCUT2D eigenvalue weighted by Crippen LogP contribution is -2.05. The number of rotatable bonds is 3. The summed E-state index contributed by atoms with van der Waals surface area (Å²) in [5, 5.41) is 6.83. The summed E-state index contributed by atoms with van der Waals surface area (Å²) in [6.07, 6.45) is 0.606. The van der Waals surface area contributed by atoms with Gasteiger partial charge in [0.05, 0.1) is 12.5 Å². The fourth-order valence-electron chi connectivity index (χ4n) is 1.14. The molecule has 0 aliphatic heterocycles. The van der Waals surface area contributed by atoms with Gasteiger partial charge in [-0.3, -0.25) is 0 Å². The summed E-state index contributed by atoms with van der Waals surface area (Å²) in [5.74, 6) is 1.11. The van der Waals surface area contributed by atoms with Crippen LogP contribution in [0.1, 0.15) is 35.4 Å². The van der Waals surface area contributed by atoms with E-state index in [1.807, 2.05) is 19.2 Å². The summed E-state index contributed by atoms with van der Waals surface area (Å²) in [6.45, 7) is 3.77. The van der Waals surface area contributed by atoms with Gasteiger partial charge in [-0.05, 0) is 13.8 Å². The van der Waals surface area contributed by atoms with Crippen molar-refractivity contribution in [2.45, 2.75) is 26.3 Å². The van der Waals surface area contributed by atoms with Crippen molar-refractivity contribution in [3.05, 3.63) is 27.8 Å². The Labute approximate surface area is 91.3 Å². The van der Waals surface area contributed by atoms with Crippen LogP contribution in [-0.2, 0) is 6.42 Å². The van der Waals surface area contributed by atoms with Gasteiger partial charge in [0.2, 0.25) is 5.89 Å². The molecule has 0 spiro atoms. The van der Waals surface area contributed by atoms with Crippen molar-refractivity contribution in [1.29, 1.82) is 0 Å². The molecule has 0 bridgehead atoms. The molecule has 2 heterocycles. The molecular formula is C9H12N4OS. The van der Waals surface area contributed by atoms with Crippen molar-refractivity contribution in [3.63, 3.8) is 0 Å². The first-order valence-electron chi connectivity index (χ1n) is 4.64. The van der Waals surface area contributed by atoms with Crippen LogP contribution in [0, 0.1) is 6.92 Å². The first-order chi connectivity index (χ1) is 7.15. The molecule has 2 aromatic rings. The predicted octanol–water partition coefficient (Wildman–Crippen LogP) is 1.45. The molecule has 0 aliphatic carbocycles. The van der Waals surface area contributed by atoms with Crippen molar-refractivity contribution < 1.29 is 4.52 Å². The number of hydrogen-bond acceptors (Lipinski definition) is 6. The van der Waals surface area contributed by atoms with E-state index in [-0.39, 0.29) is 6.04 Å². The van der Waals surface area contributed by atoms with E-state index in [0.717, 1.165) is 10.7 Å². The fourth-order valence-corrected chi connectivity index (χ4v) is 1.91. The van der Waals surface area contributed by atoms with Crippen molar-refractivity contribution in [2.75, 3.05) is 0 Å². The molecule has 0 amide bonds. The Hall–Kier alpha value is -1.27. The molecule has 2 aromatic heterocycles. The van der Waals surface area contributed by atoms with E-state index in [2.05, 4.69) is 15.1 Å². The summed E-state index contributed by atoms with van der Waals surface area (Å²) in [5.41, 5.74) is 6.63. The van der Waals surface area contributed by atoms with Crippen LogP contribution < -0.4 is 5.73 Å². The van der Waals surface area contributed by atoms with Gasteiger partial charge >= 0.3 is 0 Å². The number of nitrogens with zero attached hydrogens (tertiary/aromatic N) is 3. The minimum Gasteiger partial charge on any atom is -0.338 e. The van der Waals surface area contributed by atoms with Crippen LogP contribution in [0.25, 0.3) is 0 Å². The number of nitrogens with two attached hydrogens (primary N) is 1. The van der Waals surface area contributed by atoms with Crippen molar-refractivity contribution in [3.8, 4) is 0 Å². The van der Waals surface area contributed by atoms with Crippen LogP contribution in [0.15, 0.2) is 9.90 Å². The highest BCUT2D eigenvalue weighted by atomic mass is 32.1. The number of aromatic nitrogens is 3. The SMILES string of the molecule is Cc1csc(Cc2noc([C@@H](C)N)n2)n1. The Kier molecular flexibility index (Phi) is 2.79. The third-order valence-electron chi connectivity index (χ3n) is 1.85. The number of hydrogen-bond donors (Lipinski definition) is 1. The van der Waals surface area contributed by atoms with E-state index in [1.165, 1.54) is 0 Å². The van der Waals surface area contributed by atoms with Gasteiger partial charge in [-0.25, -0.2) is 4.98 Å². The lowest BCUT2D eigenvalue weighted by Gasteiger charge is -1.92. The van der Waals surface area contributed by atoms with Crippen molar-refractivity contribution >= 4 is 11.3 Å². The highest BCUT2D eigenvalue weighted by Gasteiger charge is 2.11. The average Bonchev–Trinajstić information content (AvgIpc) is 2.76. The Balaban J connectivity index is 2.11. The molecule has 0 aliphatic rings. The number of thiazole rings is 1. The molecule has 2 N–H and O–H groups in total. The lowest BCUT2D eigenvalue weighted by molar-refractivity contribution is 0.357. The zero-order chi connectivity index (χ0) is 10.8. The van der Waals surface area contributed by atoms with Gasteiger partial charge in [0, 0.05) is 11.1 Å². The second-order valence-corrected chi connectivity index (χ2v) is 4.34. The van der Waals surface area contributed by atoms with E-state index in [1.54, 1.807) is 11.3 Å². The molecule has 0 fully saturated rings. The normalized spacial score (nSPS) is 13.0. The summed E-state index contributed by atoms with van der Waals surface area (Å²) < 4.78 is 5.00. The van der Waals surface area contributed by atoms with Gasteiger partial charge in [-0.1, -0.05) is 5.16 Å². The fraction of sp³-hybridized carbons (Fsp3) is 0.444. The Bertz CT molecular complexity index is 448. The van der Waals surface area contributed by atoms with Gasteiger partial charge in [-0.15, -0.1) is 11.3 Å². The van der Waals surface area contributed by atoms with Crippen LogP contribution in [0.3, 0.4) is 0 Å². The Morgan fingerprint density at radius 1 is 1.53 bits per heavy atom. The van der Waals surface area contributed by atoms with Crippen LogP contribution in [0.4, 0.5) is 0 Å². The summed E-state index contributed by atoms with van der Waals surface area (Å²) in [6, 6.07) is -0.218. The van der Waals surface area contributed by atoms with Crippen LogP contribution in [-0.4, -0.2) is 15.1 Å². The van der Waals surface area contributed by atoms with E-state index in [0.29, 0.717) is 18.1 Å². The molecule has 5 nitrogen and oxygen atoms in total. The van der Waals surface area contributed by atoms with Gasteiger partial charge in [0.15, 0.2) is 5.82 Å². The minimum absolute atomic E-state index is 0.218. The summed E-state index contributed by atoms with van der Waals surface area (Å²) in [7, 11) is 0. The summed E-state index contributed by atoms with van der Waals surface area (Å²) in [4.78, 5) is 8.50. The zero-order valence-corrected chi connectivity index (χ0v) is 9.41. The molecule has 15 heavy (non-hydrogen) atoms. The van der Waals surface area contributed by atoms with E-state index < -0.39 is 0 Å². The largest absolute Gasteiger partial charge is 0.338 e. The topological polar surface area (TPSA) is 77.8 Å². The standard InChI is InChI=1S/C9H12N4OS/c1-5-4-15-8(11-5)3-7-12-9(6(2)10)14-13-7/h4,6H,3,10H2,1-2H3/t6-/m1/s1. The molecule has 1 atom stereocenters. The zero-order valence-electron chi connectivity index (χ0n) is 8.60. The van der Waals surface area contributed by atoms with E-state index >= 15 is 0 Å². The van der Waals surface area contributed by atoms with Crippen molar-refractivity contribution in [1.82, 2.24) is 15.1 Å². The predicted molar refractivity (Wildman–Crippen MR) is 56.6 cm³/mol. The molecule has 2 rings (SSSR count). The highest BCUT2D eigenvalue weighted by molar-refractivity contribution is 7.09. The quantitative estimate of drug-likeness (QED) is 0.853. The van der Waals surface area contributed by atoms with Crippen molar-refractivity contribution in [2.24, 2.45) is 5.73 Å². The second-order valence-electron chi connectivity index (χ2n) is 3.40. The number of aryl methyl sites for hydroxylation is 1. The van der Waals surface area contributed by atoms with E-state index in [9.17, 15) is 0 Å². The molecule has 0 saturated heterocycles. The van der Waals surface area contributed by atoms with Crippen LogP contribution in [0.5, 0.6) is 0 Å². The second kappa shape index (κ2) is 4.08. The van der Waals surface area contributed by atoms with Gasteiger partial charge < -0.3 is 10.3 Å². The maximum Gasteiger partial charge on any atom is 0.243 e.